The number of hydrogen-bond donors (Lipinski definition) is 1. The predicted molar refractivity (Wildman–Crippen MR) is 88.9 cm³/mol. The van der Waals surface area contributed by atoms with Gasteiger partial charge in [-0.3, -0.25) is 4.79 Å². The Morgan fingerprint density at radius 2 is 2.17 bits per heavy atom. The number of nitrogens with one attached hydrogen (secondary N) is 1. The molecular weight excluding hydrogens is 308 g/mol. The first kappa shape index (κ1) is 16.5. The molecule has 1 saturated carbocycles. The van der Waals surface area contributed by atoms with E-state index in [2.05, 4.69) is 10.5 Å². The third-order valence-electron chi connectivity index (χ3n) is 4.35. The molecule has 0 radical (unpaired) electrons. The van der Waals surface area contributed by atoms with Crippen LogP contribution in [0.5, 0.6) is 5.75 Å². The molecular formula is C18H22N2O4. The standard InChI is InChI=1S/C18H22N2O4/c1-22-10-4-9-19-17(21)18(7-8-18)16-12-15(24-20-16)13-5-3-6-14(11-13)23-2/h3,5-6,11-12H,4,7-10H2,1-2H3,(H,19,21). The number of amides is 1. The molecule has 0 aliphatic heterocycles. The zero-order valence-electron chi connectivity index (χ0n) is 14.0. The van der Waals surface area contributed by atoms with Crippen LogP contribution >= 0.6 is 0 Å². The molecule has 0 spiro atoms. The third kappa shape index (κ3) is 3.28. The lowest BCUT2D eigenvalue weighted by Gasteiger charge is -2.12. The first-order valence-electron chi connectivity index (χ1n) is 8.08. The van der Waals surface area contributed by atoms with Gasteiger partial charge in [-0.1, -0.05) is 17.3 Å². The SMILES string of the molecule is COCCCNC(=O)C1(c2cc(-c3cccc(OC)c3)on2)CC1. The Bertz CT molecular complexity index is 707. The molecule has 1 aliphatic rings. The van der Waals surface area contributed by atoms with Crippen molar-refractivity contribution in [2.75, 3.05) is 27.4 Å². The number of ether oxygens (including phenoxy) is 2. The number of aromatic nitrogens is 1. The largest absolute Gasteiger partial charge is 0.497 e. The monoisotopic (exact) mass is 330 g/mol. The molecule has 0 unspecified atom stereocenters. The van der Waals surface area contributed by atoms with Crippen LogP contribution in [0.15, 0.2) is 34.9 Å². The molecule has 1 aromatic carbocycles. The normalized spacial score (nSPS) is 15.1. The number of carbonyl (C=O) groups is 1. The van der Waals surface area contributed by atoms with Crippen molar-refractivity contribution in [2.45, 2.75) is 24.7 Å². The van der Waals surface area contributed by atoms with E-state index in [4.69, 9.17) is 14.0 Å². The van der Waals surface area contributed by atoms with Gasteiger partial charge in [-0.05, 0) is 31.4 Å². The number of carbonyl (C=O) groups excluding carboxylic acids is 1. The van der Waals surface area contributed by atoms with E-state index in [9.17, 15) is 4.79 Å². The van der Waals surface area contributed by atoms with Crippen LogP contribution in [0.2, 0.25) is 0 Å². The van der Waals surface area contributed by atoms with Gasteiger partial charge in [-0.15, -0.1) is 0 Å². The summed E-state index contributed by atoms with van der Waals surface area (Å²) in [5, 5.41) is 7.11. The fourth-order valence-corrected chi connectivity index (χ4v) is 2.73. The highest BCUT2D eigenvalue weighted by molar-refractivity contribution is 5.91. The summed E-state index contributed by atoms with van der Waals surface area (Å²) < 4.78 is 15.7. The first-order valence-corrected chi connectivity index (χ1v) is 8.08. The number of hydrogen-bond acceptors (Lipinski definition) is 5. The average Bonchev–Trinajstić information content (AvgIpc) is 3.28. The quantitative estimate of drug-likeness (QED) is 0.753. The lowest BCUT2D eigenvalue weighted by atomic mass is 10.0. The van der Waals surface area contributed by atoms with E-state index in [1.165, 1.54) is 0 Å². The Morgan fingerprint density at radius 1 is 1.33 bits per heavy atom. The maximum absolute atomic E-state index is 12.5. The second-order valence-corrected chi connectivity index (χ2v) is 5.99. The zero-order valence-corrected chi connectivity index (χ0v) is 14.0. The summed E-state index contributed by atoms with van der Waals surface area (Å²) in [6.45, 7) is 1.24. The summed E-state index contributed by atoms with van der Waals surface area (Å²) in [6, 6.07) is 9.44. The van der Waals surface area contributed by atoms with Crippen LogP contribution in [-0.2, 0) is 14.9 Å². The van der Waals surface area contributed by atoms with Crippen LogP contribution in [0.25, 0.3) is 11.3 Å². The predicted octanol–water partition coefficient (Wildman–Crippen LogP) is 2.53. The topological polar surface area (TPSA) is 73.6 Å². The highest BCUT2D eigenvalue weighted by Gasteiger charge is 2.53. The van der Waals surface area contributed by atoms with Crippen LogP contribution < -0.4 is 10.1 Å². The van der Waals surface area contributed by atoms with Gasteiger partial charge in [0.05, 0.1) is 18.2 Å². The van der Waals surface area contributed by atoms with Gasteiger partial charge in [0.15, 0.2) is 5.76 Å². The second kappa shape index (κ2) is 7.05. The van der Waals surface area contributed by atoms with Crippen molar-refractivity contribution >= 4 is 5.91 Å². The van der Waals surface area contributed by atoms with Crippen molar-refractivity contribution in [1.82, 2.24) is 10.5 Å². The molecule has 6 nitrogen and oxygen atoms in total. The van der Waals surface area contributed by atoms with Crippen LogP contribution in [0.1, 0.15) is 25.0 Å². The molecule has 1 amide bonds. The van der Waals surface area contributed by atoms with Gasteiger partial charge in [-0.2, -0.15) is 0 Å². The van der Waals surface area contributed by atoms with Gasteiger partial charge < -0.3 is 19.3 Å². The molecule has 1 heterocycles. The smallest absolute Gasteiger partial charge is 0.232 e. The van der Waals surface area contributed by atoms with Crippen LogP contribution in [0.4, 0.5) is 0 Å². The Hall–Kier alpha value is -2.34. The van der Waals surface area contributed by atoms with Crippen molar-refractivity contribution in [3.8, 4) is 17.1 Å². The minimum atomic E-state index is -0.534. The Kier molecular flexibility index (Phi) is 4.85. The van der Waals surface area contributed by atoms with E-state index >= 15 is 0 Å². The highest BCUT2D eigenvalue weighted by Crippen LogP contribution is 2.48. The summed E-state index contributed by atoms with van der Waals surface area (Å²) in [4.78, 5) is 12.5. The van der Waals surface area contributed by atoms with E-state index in [0.29, 0.717) is 24.6 Å². The Balaban J connectivity index is 1.71. The number of rotatable bonds is 8. The second-order valence-electron chi connectivity index (χ2n) is 5.99. The molecule has 6 heteroatoms. The van der Waals surface area contributed by atoms with Gasteiger partial charge in [0.1, 0.15) is 5.75 Å². The van der Waals surface area contributed by atoms with Crippen molar-refractivity contribution < 1.29 is 18.8 Å². The summed E-state index contributed by atoms with van der Waals surface area (Å²) >= 11 is 0. The van der Waals surface area contributed by atoms with E-state index < -0.39 is 5.41 Å². The third-order valence-corrected chi connectivity index (χ3v) is 4.35. The van der Waals surface area contributed by atoms with Crippen molar-refractivity contribution in [2.24, 2.45) is 0 Å². The summed E-state index contributed by atoms with van der Waals surface area (Å²) in [5.41, 5.74) is 1.04. The van der Waals surface area contributed by atoms with Gasteiger partial charge in [-0.25, -0.2) is 0 Å². The Morgan fingerprint density at radius 3 is 2.88 bits per heavy atom. The lowest BCUT2D eigenvalue weighted by Crippen LogP contribution is -2.35. The molecule has 2 aromatic rings. The summed E-state index contributed by atoms with van der Waals surface area (Å²) in [6.07, 6.45) is 2.40. The van der Waals surface area contributed by atoms with Crippen LogP contribution in [-0.4, -0.2) is 38.4 Å². The molecule has 1 fully saturated rings. The molecule has 0 saturated heterocycles. The average molecular weight is 330 g/mol. The number of nitrogens with zero attached hydrogens (tertiary/aromatic N) is 1. The molecule has 0 atom stereocenters. The fraction of sp³-hybridized carbons (Fsp3) is 0.444. The zero-order chi connectivity index (χ0) is 17.0. The van der Waals surface area contributed by atoms with E-state index in [-0.39, 0.29) is 5.91 Å². The van der Waals surface area contributed by atoms with Crippen molar-refractivity contribution in [1.29, 1.82) is 0 Å². The Labute approximate surface area is 141 Å². The number of benzene rings is 1. The fourth-order valence-electron chi connectivity index (χ4n) is 2.73. The van der Waals surface area contributed by atoms with Gasteiger partial charge in [0.2, 0.25) is 5.91 Å². The number of methoxy groups -OCH3 is 2. The molecule has 0 bridgehead atoms. The summed E-state index contributed by atoms with van der Waals surface area (Å²) in [5.74, 6) is 1.41. The molecule has 128 valence electrons. The van der Waals surface area contributed by atoms with Gasteiger partial charge in [0, 0.05) is 31.9 Å². The first-order chi connectivity index (χ1) is 11.7. The van der Waals surface area contributed by atoms with E-state index in [1.54, 1.807) is 14.2 Å². The maximum Gasteiger partial charge on any atom is 0.232 e. The van der Waals surface area contributed by atoms with Crippen molar-refractivity contribution in [3.05, 3.63) is 36.0 Å². The lowest BCUT2D eigenvalue weighted by molar-refractivity contribution is -0.123. The van der Waals surface area contributed by atoms with E-state index in [1.807, 2.05) is 30.3 Å². The molecule has 3 rings (SSSR count). The summed E-state index contributed by atoms with van der Waals surface area (Å²) in [7, 11) is 3.28. The van der Waals surface area contributed by atoms with Crippen LogP contribution in [0, 0.1) is 0 Å². The molecule has 24 heavy (non-hydrogen) atoms. The molecule has 1 N–H and O–H groups in total. The van der Waals surface area contributed by atoms with Crippen molar-refractivity contribution in [3.63, 3.8) is 0 Å². The minimum absolute atomic E-state index is 0.0177. The van der Waals surface area contributed by atoms with Crippen LogP contribution in [0.3, 0.4) is 0 Å². The molecule has 1 aliphatic carbocycles. The molecule has 1 aromatic heterocycles. The minimum Gasteiger partial charge on any atom is -0.497 e. The van der Waals surface area contributed by atoms with Gasteiger partial charge in [0.25, 0.3) is 0 Å². The van der Waals surface area contributed by atoms with E-state index in [0.717, 1.165) is 30.6 Å². The maximum atomic E-state index is 12.5. The highest BCUT2D eigenvalue weighted by atomic mass is 16.5. The van der Waals surface area contributed by atoms with Gasteiger partial charge >= 0.3 is 0 Å².